The molecule has 3 aromatic rings. The molecule has 0 spiro atoms. The van der Waals surface area contributed by atoms with Crippen molar-refractivity contribution in [3.63, 3.8) is 0 Å². The standard InChI is InChI=1S/C26H24F3N3O4/c1-35-18-11-12-22(30-15-18)25(34)32-14-13-21(20(16-32)17-7-3-2-4-8-17)31-24(33)19-9-5-6-10-23(19)36-26(27,28)29/h2-12,15,20-21H,13-14,16H2,1H3,(H,31,33)/t20-,21-/m1/s1. The third-order valence-electron chi connectivity index (χ3n) is 5.99. The van der Waals surface area contributed by atoms with Gasteiger partial charge in [0.2, 0.25) is 0 Å². The van der Waals surface area contributed by atoms with Gasteiger partial charge in [0.15, 0.2) is 0 Å². The van der Waals surface area contributed by atoms with E-state index < -0.39 is 24.1 Å². The van der Waals surface area contributed by atoms with Crippen molar-refractivity contribution in [2.75, 3.05) is 20.2 Å². The maximum Gasteiger partial charge on any atom is 0.573 e. The minimum absolute atomic E-state index is 0.220. The monoisotopic (exact) mass is 499 g/mol. The highest BCUT2D eigenvalue weighted by Crippen LogP contribution is 2.30. The van der Waals surface area contributed by atoms with E-state index in [1.54, 1.807) is 17.0 Å². The number of carbonyl (C=O) groups is 2. The molecule has 1 fully saturated rings. The van der Waals surface area contributed by atoms with E-state index in [-0.39, 0.29) is 23.1 Å². The van der Waals surface area contributed by atoms with Gasteiger partial charge in [0.05, 0.1) is 18.9 Å². The van der Waals surface area contributed by atoms with Crippen LogP contribution in [0.1, 0.15) is 38.7 Å². The van der Waals surface area contributed by atoms with E-state index in [4.69, 9.17) is 4.74 Å². The summed E-state index contributed by atoms with van der Waals surface area (Å²) in [7, 11) is 1.51. The number of carbonyl (C=O) groups excluding carboxylic acids is 2. The van der Waals surface area contributed by atoms with Crippen molar-refractivity contribution in [2.45, 2.75) is 24.7 Å². The number of para-hydroxylation sites is 1. The molecule has 0 bridgehead atoms. The minimum atomic E-state index is -4.93. The van der Waals surface area contributed by atoms with E-state index in [0.717, 1.165) is 11.6 Å². The van der Waals surface area contributed by atoms with Gasteiger partial charge in [-0.15, -0.1) is 13.2 Å². The van der Waals surface area contributed by atoms with Crippen LogP contribution >= 0.6 is 0 Å². The molecular formula is C26H24F3N3O4. The molecule has 2 atom stereocenters. The average molecular weight is 499 g/mol. The summed E-state index contributed by atoms with van der Waals surface area (Å²) >= 11 is 0. The van der Waals surface area contributed by atoms with Gasteiger partial charge in [-0.2, -0.15) is 0 Å². The molecule has 1 saturated heterocycles. The quantitative estimate of drug-likeness (QED) is 0.543. The molecule has 0 radical (unpaired) electrons. The molecule has 0 unspecified atom stereocenters. The lowest BCUT2D eigenvalue weighted by Gasteiger charge is -2.39. The number of ether oxygens (including phenoxy) is 2. The van der Waals surface area contributed by atoms with Crippen LogP contribution in [0.5, 0.6) is 11.5 Å². The molecule has 2 aromatic carbocycles. The average Bonchev–Trinajstić information content (AvgIpc) is 2.88. The molecule has 1 aliphatic heterocycles. The number of nitrogens with one attached hydrogen (secondary N) is 1. The molecule has 4 rings (SSSR count). The third kappa shape index (κ3) is 5.94. The van der Waals surface area contributed by atoms with E-state index in [1.807, 2.05) is 30.3 Å². The SMILES string of the molecule is COc1ccc(C(=O)N2CC[C@@H](NC(=O)c3ccccc3OC(F)(F)F)[C@@H](c3ccccc3)C2)nc1. The van der Waals surface area contributed by atoms with Crippen LogP contribution in [0.15, 0.2) is 72.9 Å². The van der Waals surface area contributed by atoms with Gasteiger partial charge in [0, 0.05) is 25.0 Å². The minimum Gasteiger partial charge on any atom is -0.495 e. The maximum atomic E-state index is 13.1. The summed E-state index contributed by atoms with van der Waals surface area (Å²) in [6.07, 6.45) is -3.06. The molecule has 36 heavy (non-hydrogen) atoms. The lowest BCUT2D eigenvalue weighted by Crippen LogP contribution is -2.51. The second-order valence-corrected chi connectivity index (χ2v) is 8.26. The Morgan fingerprint density at radius 2 is 1.75 bits per heavy atom. The summed E-state index contributed by atoms with van der Waals surface area (Å²) in [4.78, 5) is 32.0. The summed E-state index contributed by atoms with van der Waals surface area (Å²) in [6.45, 7) is 0.629. The van der Waals surface area contributed by atoms with Gasteiger partial charge in [-0.25, -0.2) is 4.98 Å². The number of amides is 2. The highest BCUT2D eigenvalue weighted by atomic mass is 19.4. The van der Waals surface area contributed by atoms with E-state index in [2.05, 4.69) is 15.0 Å². The van der Waals surface area contributed by atoms with Crippen molar-refractivity contribution >= 4 is 11.8 Å². The lowest BCUT2D eigenvalue weighted by molar-refractivity contribution is -0.274. The Bertz CT molecular complexity index is 1200. The van der Waals surface area contributed by atoms with Crippen LogP contribution in [-0.4, -0.2) is 54.3 Å². The Morgan fingerprint density at radius 3 is 2.42 bits per heavy atom. The number of piperidine rings is 1. The third-order valence-corrected chi connectivity index (χ3v) is 5.99. The Labute approximate surface area is 205 Å². The van der Waals surface area contributed by atoms with Gasteiger partial charge in [-0.3, -0.25) is 9.59 Å². The number of hydrogen-bond donors (Lipinski definition) is 1. The molecular weight excluding hydrogens is 475 g/mol. The summed E-state index contributed by atoms with van der Waals surface area (Å²) in [5, 5.41) is 2.87. The number of aromatic nitrogens is 1. The van der Waals surface area contributed by atoms with Crippen molar-refractivity contribution in [3.8, 4) is 11.5 Å². The number of alkyl halides is 3. The summed E-state index contributed by atoms with van der Waals surface area (Å²) in [6, 6.07) is 17.4. The molecule has 1 aromatic heterocycles. The fraction of sp³-hybridized carbons (Fsp3) is 0.269. The largest absolute Gasteiger partial charge is 0.573 e. The smallest absolute Gasteiger partial charge is 0.495 e. The molecule has 1 aliphatic rings. The Hall–Kier alpha value is -4.08. The predicted molar refractivity (Wildman–Crippen MR) is 125 cm³/mol. The van der Waals surface area contributed by atoms with Crippen molar-refractivity contribution in [1.82, 2.24) is 15.2 Å². The van der Waals surface area contributed by atoms with Crippen molar-refractivity contribution in [3.05, 3.63) is 89.7 Å². The summed E-state index contributed by atoms with van der Waals surface area (Å²) in [5.74, 6) is -1.27. The zero-order chi connectivity index (χ0) is 25.7. The van der Waals surface area contributed by atoms with Crippen LogP contribution in [0, 0.1) is 0 Å². The fourth-order valence-corrected chi connectivity index (χ4v) is 4.25. The number of methoxy groups -OCH3 is 1. The Kier molecular flexibility index (Phi) is 7.42. The van der Waals surface area contributed by atoms with Gasteiger partial charge < -0.3 is 19.7 Å². The maximum absolute atomic E-state index is 13.1. The lowest BCUT2D eigenvalue weighted by atomic mass is 9.85. The van der Waals surface area contributed by atoms with Gasteiger partial charge in [0.1, 0.15) is 17.2 Å². The highest BCUT2D eigenvalue weighted by Gasteiger charge is 2.36. The van der Waals surface area contributed by atoms with Crippen LogP contribution < -0.4 is 14.8 Å². The van der Waals surface area contributed by atoms with E-state index in [1.165, 1.54) is 31.5 Å². The van der Waals surface area contributed by atoms with Crippen LogP contribution in [0.4, 0.5) is 13.2 Å². The first-order valence-electron chi connectivity index (χ1n) is 11.2. The van der Waals surface area contributed by atoms with Gasteiger partial charge in [-0.05, 0) is 36.2 Å². The zero-order valence-corrected chi connectivity index (χ0v) is 19.4. The van der Waals surface area contributed by atoms with Gasteiger partial charge in [-0.1, -0.05) is 42.5 Å². The highest BCUT2D eigenvalue weighted by molar-refractivity contribution is 5.97. The summed E-state index contributed by atoms with van der Waals surface area (Å²) < 4.78 is 47.6. The molecule has 2 amide bonds. The number of hydrogen-bond acceptors (Lipinski definition) is 5. The first-order valence-corrected chi connectivity index (χ1v) is 11.2. The number of rotatable bonds is 6. The predicted octanol–water partition coefficient (Wildman–Crippen LogP) is 4.42. The first-order chi connectivity index (χ1) is 17.2. The number of likely N-dealkylation sites (tertiary alicyclic amines) is 1. The number of pyridine rings is 1. The van der Waals surface area contributed by atoms with Crippen molar-refractivity contribution in [1.29, 1.82) is 0 Å². The van der Waals surface area contributed by atoms with Crippen LogP contribution in [0.2, 0.25) is 0 Å². The van der Waals surface area contributed by atoms with Crippen LogP contribution in [0.25, 0.3) is 0 Å². The normalized spacial score (nSPS) is 17.8. The Morgan fingerprint density at radius 1 is 1.03 bits per heavy atom. The molecule has 0 aliphatic carbocycles. The van der Waals surface area contributed by atoms with E-state index in [9.17, 15) is 22.8 Å². The molecule has 188 valence electrons. The van der Waals surface area contributed by atoms with E-state index >= 15 is 0 Å². The number of nitrogens with zero attached hydrogens (tertiary/aromatic N) is 2. The van der Waals surface area contributed by atoms with Crippen molar-refractivity contribution < 1.29 is 32.2 Å². The fourth-order valence-electron chi connectivity index (χ4n) is 4.25. The molecule has 0 saturated carbocycles. The number of benzene rings is 2. The van der Waals surface area contributed by atoms with E-state index in [0.29, 0.717) is 25.3 Å². The zero-order valence-electron chi connectivity index (χ0n) is 19.4. The Balaban J connectivity index is 1.55. The first kappa shape index (κ1) is 25.0. The second kappa shape index (κ2) is 10.7. The number of halogens is 3. The second-order valence-electron chi connectivity index (χ2n) is 8.26. The molecule has 7 nitrogen and oxygen atoms in total. The van der Waals surface area contributed by atoms with Gasteiger partial charge in [0.25, 0.3) is 11.8 Å². The van der Waals surface area contributed by atoms with Crippen molar-refractivity contribution in [2.24, 2.45) is 0 Å². The molecule has 1 N–H and O–H groups in total. The van der Waals surface area contributed by atoms with Crippen LogP contribution in [0.3, 0.4) is 0 Å². The molecule has 2 heterocycles. The molecule has 10 heteroatoms. The van der Waals surface area contributed by atoms with Gasteiger partial charge >= 0.3 is 6.36 Å². The summed E-state index contributed by atoms with van der Waals surface area (Å²) in [5.41, 5.74) is 0.939. The topological polar surface area (TPSA) is 80.8 Å². The van der Waals surface area contributed by atoms with Crippen LogP contribution in [-0.2, 0) is 0 Å².